The second kappa shape index (κ2) is 8.69. The van der Waals surface area contributed by atoms with Gasteiger partial charge < -0.3 is 9.13 Å². The van der Waals surface area contributed by atoms with E-state index in [4.69, 9.17) is 0 Å². The highest BCUT2D eigenvalue weighted by molar-refractivity contribution is 7.26. The number of rotatable bonds is 3. The normalized spacial score (nSPS) is 11.9. The zero-order valence-corrected chi connectivity index (χ0v) is 23.0. The van der Waals surface area contributed by atoms with Crippen LogP contribution in [0.1, 0.15) is 0 Å². The molecule has 3 aromatic heterocycles. The first kappa shape index (κ1) is 22.7. The molecule has 9 aromatic rings. The van der Waals surface area contributed by atoms with Crippen molar-refractivity contribution in [3.8, 4) is 22.5 Å². The summed E-state index contributed by atoms with van der Waals surface area (Å²) in [6, 6.07) is 52.7. The lowest BCUT2D eigenvalue weighted by molar-refractivity contribution is 1.18. The van der Waals surface area contributed by atoms with Gasteiger partial charge in [0.15, 0.2) is 0 Å². The molecular formula is C38H24N2S. The van der Waals surface area contributed by atoms with E-state index in [2.05, 4.69) is 155 Å². The molecule has 2 nitrogen and oxygen atoms in total. The number of fused-ring (bicyclic) bond motifs is 8. The zero-order chi connectivity index (χ0) is 26.9. The first-order chi connectivity index (χ1) is 20.4. The Morgan fingerprint density at radius 2 is 0.927 bits per heavy atom. The van der Waals surface area contributed by atoms with Gasteiger partial charge in [-0.15, -0.1) is 11.3 Å². The molecule has 9 rings (SSSR count). The van der Waals surface area contributed by atoms with E-state index >= 15 is 0 Å². The van der Waals surface area contributed by atoms with Gasteiger partial charge in [-0.3, -0.25) is 0 Å². The quantitative estimate of drug-likeness (QED) is 0.211. The van der Waals surface area contributed by atoms with Gasteiger partial charge in [0.2, 0.25) is 0 Å². The van der Waals surface area contributed by atoms with Crippen LogP contribution >= 0.6 is 11.3 Å². The van der Waals surface area contributed by atoms with E-state index in [1.54, 1.807) is 0 Å². The number of nitrogens with zero attached hydrogens (tertiary/aromatic N) is 2. The van der Waals surface area contributed by atoms with E-state index in [1.165, 1.54) is 75.5 Å². The highest BCUT2D eigenvalue weighted by Gasteiger charge is 2.22. The monoisotopic (exact) mass is 540 g/mol. The van der Waals surface area contributed by atoms with Crippen molar-refractivity contribution in [2.75, 3.05) is 0 Å². The van der Waals surface area contributed by atoms with E-state index < -0.39 is 0 Å². The van der Waals surface area contributed by atoms with E-state index in [9.17, 15) is 0 Å². The summed E-state index contributed by atoms with van der Waals surface area (Å²) in [7, 11) is 0. The molecule has 41 heavy (non-hydrogen) atoms. The second-order valence-corrected chi connectivity index (χ2v) is 11.6. The van der Waals surface area contributed by atoms with Crippen molar-refractivity contribution in [2.24, 2.45) is 0 Å². The average Bonchev–Trinajstić information content (AvgIpc) is 3.69. The fourth-order valence-corrected chi connectivity index (χ4v) is 7.91. The Morgan fingerprint density at radius 3 is 1.66 bits per heavy atom. The van der Waals surface area contributed by atoms with Gasteiger partial charge in [0.25, 0.3) is 0 Å². The Hall–Kier alpha value is -5.12. The lowest BCUT2D eigenvalue weighted by Gasteiger charge is -2.13. The molecule has 0 N–H and O–H groups in total. The first-order valence-corrected chi connectivity index (χ1v) is 14.8. The van der Waals surface area contributed by atoms with E-state index in [0.29, 0.717) is 0 Å². The molecule has 0 saturated carbocycles. The lowest BCUT2D eigenvalue weighted by atomic mass is 9.98. The van der Waals surface area contributed by atoms with Gasteiger partial charge in [-0.1, -0.05) is 103 Å². The van der Waals surface area contributed by atoms with Gasteiger partial charge in [-0.2, -0.15) is 0 Å². The van der Waals surface area contributed by atoms with Crippen molar-refractivity contribution in [3.05, 3.63) is 146 Å². The number of para-hydroxylation sites is 5. The summed E-state index contributed by atoms with van der Waals surface area (Å²) in [5.74, 6) is 0. The molecule has 0 fully saturated rings. The Kier molecular flexibility index (Phi) is 4.80. The zero-order valence-electron chi connectivity index (χ0n) is 22.2. The number of benzene rings is 6. The van der Waals surface area contributed by atoms with Crippen molar-refractivity contribution in [2.45, 2.75) is 0 Å². The fourth-order valence-electron chi connectivity index (χ4n) is 6.66. The summed E-state index contributed by atoms with van der Waals surface area (Å²) >= 11 is 1.90. The Labute approximate surface area is 240 Å². The van der Waals surface area contributed by atoms with Crippen molar-refractivity contribution < 1.29 is 0 Å². The van der Waals surface area contributed by atoms with Crippen LogP contribution in [0.2, 0.25) is 0 Å². The third-order valence-corrected chi connectivity index (χ3v) is 9.49. The van der Waals surface area contributed by atoms with Crippen molar-refractivity contribution in [1.29, 1.82) is 0 Å². The van der Waals surface area contributed by atoms with Crippen LogP contribution in [-0.4, -0.2) is 9.13 Å². The lowest BCUT2D eigenvalue weighted by Crippen LogP contribution is -1.96. The Morgan fingerprint density at radius 1 is 0.390 bits per heavy atom. The second-order valence-electron chi connectivity index (χ2n) is 10.5. The third kappa shape index (κ3) is 3.18. The maximum absolute atomic E-state index is 2.46. The van der Waals surface area contributed by atoms with Gasteiger partial charge >= 0.3 is 0 Å². The summed E-state index contributed by atoms with van der Waals surface area (Å²) in [6.45, 7) is 0. The molecule has 192 valence electrons. The van der Waals surface area contributed by atoms with E-state index in [-0.39, 0.29) is 0 Å². The Bertz CT molecular complexity index is 2410. The minimum absolute atomic E-state index is 1.17. The summed E-state index contributed by atoms with van der Waals surface area (Å²) in [5.41, 5.74) is 9.87. The molecule has 0 saturated heterocycles. The summed E-state index contributed by atoms with van der Waals surface area (Å²) in [4.78, 5) is 0. The standard InChI is InChI=1S/C38H24N2S/c1-3-13-25(14-4-1)39-32-22-9-7-17-27(32)29-20-11-21-30(36(29)39)28-19-12-24-34-35(28)37-38(41-34)31-18-8-10-23-33(31)40(37)26-15-5-2-6-16-26/h1-24H. The molecule has 0 atom stereocenters. The SMILES string of the molecule is c1ccc(-n2c3ccccc3c3cccc(-c4cccc5sc6c7ccccc7n(-c7ccccc7)c6c45)c32)cc1. The van der Waals surface area contributed by atoms with Crippen LogP contribution in [0, 0.1) is 0 Å². The highest BCUT2D eigenvalue weighted by atomic mass is 32.1. The number of hydrogen-bond acceptors (Lipinski definition) is 1. The van der Waals surface area contributed by atoms with Crippen LogP contribution < -0.4 is 0 Å². The van der Waals surface area contributed by atoms with Crippen LogP contribution in [0.5, 0.6) is 0 Å². The van der Waals surface area contributed by atoms with Crippen molar-refractivity contribution in [1.82, 2.24) is 9.13 Å². The maximum atomic E-state index is 2.46. The van der Waals surface area contributed by atoms with Gasteiger partial charge in [-0.25, -0.2) is 0 Å². The summed E-state index contributed by atoms with van der Waals surface area (Å²) in [6.07, 6.45) is 0. The molecular weight excluding hydrogens is 516 g/mol. The molecule has 3 heteroatoms. The molecule has 0 spiro atoms. The Balaban J connectivity index is 1.48. The van der Waals surface area contributed by atoms with Crippen molar-refractivity contribution >= 4 is 64.3 Å². The largest absolute Gasteiger partial charge is 0.309 e. The van der Waals surface area contributed by atoms with Crippen LogP contribution in [0.25, 0.3) is 75.5 Å². The fraction of sp³-hybridized carbons (Fsp3) is 0. The summed E-state index contributed by atoms with van der Waals surface area (Å²) in [5, 5.41) is 5.16. The van der Waals surface area contributed by atoms with Crippen LogP contribution in [0.4, 0.5) is 0 Å². The molecule has 6 aromatic carbocycles. The molecule has 0 unspecified atom stereocenters. The topological polar surface area (TPSA) is 9.86 Å². The molecule has 0 aliphatic rings. The van der Waals surface area contributed by atoms with Crippen LogP contribution in [0.15, 0.2) is 146 Å². The first-order valence-electron chi connectivity index (χ1n) is 14.0. The van der Waals surface area contributed by atoms with E-state index in [1.807, 2.05) is 11.3 Å². The number of thiophene rings is 1. The maximum Gasteiger partial charge on any atom is 0.0734 e. The van der Waals surface area contributed by atoms with Crippen molar-refractivity contribution in [3.63, 3.8) is 0 Å². The van der Waals surface area contributed by atoms with E-state index in [0.717, 1.165) is 0 Å². The van der Waals surface area contributed by atoms with Gasteiger partial charge in [-0.05, 0) is 48.0 Å². The molecule has 0 radical (unpaired) electrons. The third-order valence-electron chi connectivity index (χ3n) is 8.32. The molecule has 3 heterocycles. The predicted molar refractivity (Wildman–Crippen MR) is 176 cm³/mol. The predicted octanol–water partition coefficient (Wildman–Crippen LogP) is 10.8. The number of hydrogen-bond donors (Lipinski definition) is 0. The minimum Gasteiger partial charge on any atom is -0.309 e. The molecule has 0 aliphatic heterocycles. The molecule has 0 bridgehead atoms. The minimum atomic E-state index is 1.17. The molecule has 0 aliphatic carbocycles. The van der Waals surface area contributed by atoms with Gasteiger partial charge in [0.1, 0.15) is 0 Å². The van der Waals surface area contributed by atoms with Crippen LogP contribution in [0.3, 0.4) is 0 Å². The molecule has 0 amide bonds. The average molecular weight is 541 g/mol. The van der Waals surface area contributed by atoms with Gasteiger partial charge in [0, 0.05) is 43.2 Å². The smallest absolute Gasteiger partial charge is 0.0734 e. The highest BCUT2D eigenvalue weighted by Crippen LogP contribution is 2.47. The number of aromatic nitrogens is 2. The summed E-state index contributed by atoms with van der Waals surface area (Å²) < 4.78 is 7.54. The van der Waals surface area contributed by atoms with Crippen LogP contribution in [-0.2, 0) is 0 Å². The van der Waals surface area contributed by atoms with Gasteiger partial charge in [0.05, 0.1) is 26.8 Å².